The summed E-state index contributed by atoms with van der Waals surface area (Å²) >= 11 is 5.96. The van der Waals surface area contributed by atoms with Gasteiger partial charge in [0.1, 0.15) is 0 Å². The van der Waals surface area contributed by atoms with Gasteiger partial charge >= 0.3 is 0 Å². The number of amides is 1. The van der Waals surface area contributed by atoms with E-state index >= 15 is 0 Å². The first-order chi connectivity index (χ1) is 15.4. The van der Waals surface area contributed by atoms with Crippen molar-refractivity contribution in [1.82, 2.24) is 10.2 Å². The van der Waals surface area contributed by atoms with Crippen molar-refractivity contribution in [2.75, 3.05) is 13.1 Å². The van der Waals surface area contributed by atoms with Crippen LogP contribution in [0.25, 0.3) is 6.08 Å². The summed E-state index contributed by atoms with van der Waals surface area (Å²) < 4.78 is 0. The second-order valence-corrected chi connectivity index (χ2v) is 10.4. The van der Waals surface area contributed by atoms with Gasteiger partial charge < -0.3 is 10.2 Å². The van der Waals surface area contributed by atoms with Gasteiger partial charge in [-0.2, -0.15) is 0 Å². The largest absolute Gasteiger partial charge is 0.352 e. The summed E-state index contributed by atoms with van der Waals surface area (Å²) in [7, 11) is 0. The van der Waals surface area contributed by atoms with Crippen molar-refractivity contribution in [3.05, 3.63) is 76.8 Å². The maximum absolute atomic E-state index is 13.0. The molecule has 1 heterocycles. The number of carbonyl (C=O) groups excluding carboxylic acids is 1. The number of hydrogen-bond donors (Lipinski definition) is 1. The summed E-state index contributed by atoms with van der Waals surface area (Å²) in [6, 6.07) is 18.8. The normalized spacial score (nSPS) is 28.8. The van der Waals surface area contributed by atoms with Crippen LogP contribution in [-0.2, 0) is 11.3 Å². The molecule has 4 rings (SSSR count). The Hall–Kier alpha value is -2.10. The second-order valence-electron chi connectivity index (χ2n) is 9.96. The Bertz CT molecular complexity index is 926. The van der Waals surface area contributed by atoms with E-state index in [1.54, 1.807) is 0 Å². The number of piperidine rings is 1. The predicted octanol–water partition coefficient (Wildman–Crippen LogP) is 6.19. The first kappa shape index (κ1) is 23.1. The maximum Gasteiger partial charge on any atom is 0.226 e. The van der Waals surface area contributed by atoms with Crippen LogP contribution in [0.5, 0.6) is 0 Å². The van der Waals surface area contributed by atoms with Gasteiger partial charge in [0.15, 0.2) is 0 Å². The van der Waals surface area contributed by atoms with Crippen molar-refractivity contribution in [2.24, 2.45) is 17.3 Å². The molecule has 3 nitrogen and oxygen atoms in total. The van der Waals surface area contributed by atoms with Gasteiger partial charge in [-0.15, -0.1) is 0 Å². The van der Waals surface area contributed by atoms with Crippen molar-refractivity contribution in [3.63, 3.8) is 0 Å². The fourth-order valence-electron chi connectivity index (χ4n) is 5.34. The van der Waals surface area contributed by atoms with Crippen molar-refractivity contribution < 1.29 is 4.79 Å². The molecule has 2 aliphatic rings. The van der Waals surface area contributed by atoms with Crippen LogP contribution in [0.3, 0.4) is 0 Å². The monoisotopic (exact) mass is 450 g/mol. The van der Waals surface area contributed by atoms with Crippen LogP contribution in [0.1, 0.15) is 50.7 Å². The van der Waals surface area contributed by atoms with Crippen LogP contribution in [0.4, 0.5) is 0 Å². The van der Waals surface area contributed by atoms with Gasteiger partial charge in [-0.25, -0.2) is 0 Å². The average Bonchev–Trinajstić information content (AvgIpc) is 3.22. The van der Waals surface area contributed by atoms with E-state index in [9.17, 15) is 4.79 Å². The third-order valence-corrected chi connectivity index (χ3v) is 7.74. The van der Waals surface area contributed by atoms with Gasteiger partial charge in [0.2, 0.25) is 5.91 Å². The zero-order valence-corrected chi connectivity index (χ0v) is 20.0. The number of carbonyl (C=O) groups is 1. The van der Waals surface area contributed by atoms with E-state index in [0.717, 1.165) is 42.9 Å². The lowest BCUT2D eigenvalue weighted by Crippen LogP contribution is -2.45. The molecule has 4 heteroatoms. The molecule has 0 spiro atoms. The van der Waals surface area contributed by atoms with Gasteiger partial charge in [-0.05, 0) is 67.3 Å². The molecule has 0 bridgehead atoms. The van der Waals surface area contributed by atoms with Crippen molar-refractivity contribution in [2.45, 2.75) is 52.1 Å². The maximum atomic E-state index is 13.0. The van der Waals surface area contributed by atoms with Gasteiger partial charge in [-0.3, -0.25) is 4.79 Å². The van der Waals surface area contributed by atoms with Gasteiger partial charge in [0.25, 0.3) is 0 Å². The molecule has 0 aromatic heterocycles. The predicted molar refractivity (Wildman–Crippen MR) is 133 cm³/mol. The topological polar surface area (TPSA) is 32.3 Å². The van der Waals surface area contributed by atoms with Crippen LogP contribution in [-0.4, -0.2) is 29.9 Å². The molecule has 2 fully saturated rings. The van der Waals surface area contributed by atoms with E-state index in [2.05, 4.69) is 66.5 Å². The minimum absolute atomic E-state index is 0.184. The highest BCUT2D eigenvalue weighted by Gasteiger charge is 2.43. The quantitative estimate of drug-likeness (QED) is 0.569. The first-order valence-electron chi connectivity index (χ1n) is 11.9. The third kappa shape index (κ3) is 5.63. The van der Waals surface area contributed by atoms with Crippen LogP contribution in [0.2, 0.25) is 5.02 Å². The molecule has 170 valence electrons. The summed E-state index contributed by atoms with van der Waals surface area (Å²) in [6.45, 7) is 7.33. The lowest BCUT2D eigenvalue weighted by atomic mass is 9.84. The average molecular weight is 451 g/mol. The first-order valence-corrected chi connectivity index (χ1v) is 12.3. The molecule has 1 N–H and O–H groups in total. The molecule has 1 amide bonds. The molecule has 0 radical (unpaired) electrons. The Balaban J connectivity index is 1.28. The Morgan fingerprint density at radius 1 is 1.16 bits per heavy atom. The lowest BCUT2D eigenvalue weighted by molar-refractivity contribution is -0.130. The number of benzene rings is 2. The number of likely N-dealkylation sites (tertiary alicyclic amines) is 1. The SMILES string of the molecule is C[C@H]1CN(C2CCC(C)(C(=O)NCc3ccc(Cl)cc3)C2)CC[C@H]1/C=C\c1ccccc1. The summed E-state index contributed by atoms with van der Waals surface area (Å²) in [4.78, 5) is 15.7. The molecule has 4 atom stereocenters. The Morgan fingerprint density at radius 3 is 2.62 bits per heavy atom. The molecule has 2 aromatic carbocycles. The fraction of sp³-hybridized carbons (Fsp3) is 0.464. The molecule has 32 heavy (non-hydrogen) atoms. The number of hydrogen-bond acceptors (Lipinski definition) is 2. The minimum atomic E-state index is -0.273. The molecular formula is C28H35ClN2O. The van der Waals surface area contributed by atoms with Gasteiger partial charge in [0.05, 0.1) is 0 Å². The number of nitrogens with one attached hydrogen (secondary N) is 1. The summed E-state index contributed by atoms with van der Waals surface area (Å²) in [5, 5.41) is 3.88. The molecule has 2 aromatic rings. The number of allylic oxidation sites excluding steroid dienone is 1. The van der Waals surface area contributed by atoms with E-state index in [0.29, 0.717) is 24.4 Å². The van der Waals surface area contributed by atoms with E-state index in [-0.39, 0.29) is 11.3 Å². The van der Waals surface area contributed by atoms with E-state index < -0.39 is 0 Å². The molecule has 1 aliphatic carbocycles. The summed E-state index contributed by atoms with van der Waals surface area (Å²) in [6.07, 6.45) is 8.90. The van der Waals surface area contributed by atoms with Crippen LogP contribution < -0.4 is 5.32 Å². The lowest BCUT2D eigenvalue weighted by Gasteiger charge is -2.39. The third-order valence-electron chi connectivity index (χ3n) is 7.48. The highest BCUT2D eigenvalue weighted by Crippen LogP contribution is 2.42. The van der Waals surface area contributed by atoms with Crippen molar-refractivity contribution in [3.8, 4) is 0 Å². The number of nitrogens with zero attached hydrogens (tertiary/aromatic N) is 1. The Kier molecular flexibility index (Phi) is 7.37. The van der Waals surface area contributed by atoms with Crippen LogP contribution >= 0.6 is 11.6 Å². The zero-order valence-electron chi connectivity index (χ0n) is 19.3. The smallest absolute Gasteiger partial charge is 0.226 e. The molecule has 2 unspecified atom stereocenters. The van der Waals surface area contributed by atoms with Crippen LogP contribution in [0.15, 0.2) is 60.7 Å². The zero-order chi connectivity index (χ0) is 22.6. The van der Waals surface area contributed by atoms with Crippen LogP contribution in [0, 0.1) is 17.3 Å². The van der Waals surface area contributed by atoms with Gasteiger partial charge in [0, 0.05) is 29.6 Å². The molecule has 1 saturated heterocycles. The Morgan fingerprint density at radius 2 is 1.91 bits per heavy atom. The fourth-order valence-corrected chi connectivity index (χ4v) is 5.46. The molecular weight excluding hydrogens is 416 g/mol. The Labute approximate surface area is 197 Å². The summed E-state index contributed by atoms with van der Waals surface area (Å²) in [5.74, 6) is 1.44. The molecule has 1 saturated carbocycles. The summed E-state index contributed by atoms with van der Waals surface area (Å²) in [5.41, 5.74) is 2.09. The van der Waals surface area contributed by atoms with Gasteiger partial charge in [-0.1, -0.05) is 80.1 Å². The number of rotatable bonds is 6. The minimum Gasteiger partial charge on any atom is -0.352 e. The second kappa shape index (κ2) is 10.2. The van der Waals surface area contributed by atoms with E-state index in [4.69, 9.17) is 11.6 Å². The van der Waals surface area contributed by atoms with E-state index in [1.807, 2.05) is 24.3 Å². The highest BCUT2D eigenvalue weighted by atomic mass is 35.5. The van der Waals surface area contributed by atoms with Crippen molar-refractivity contribution >= 4 is 23.6 Å². The molecule has 1 aliphatic heterocycles. The number of halogens is 1. The highest BCUT2D eigenvalue weighted by molar-refractivity contribution is 6.30. The van der Waals surface area contributed by atoms with E-state index in [1.165, 1.54) is 12.0 Å². The van der Waals surface area contributed by atoms with Crippen molar-refractivity contribution in [1.29, 1.82) is 0 Å². The standard InChI is InChI=1S/C28H35ClN2O/c1-21-20-31(17-15-24(21)11-8-22-6-4-3-5-7-22)26-14-16-28(2,18-26)27(32)30-19-23-9-12-25(29)13-10-23/h3-13,21,24,26H,14-20H2,1-2H3,(H,30,32)/b11-8-/t21-,24+,26?,28?/m0/s1.